The molecule has 43 heavy (non-hydrogen) atoms. The number of esters is 1. The molecule has 0 fully saturated rings. The molecule has 226 valence electrons. The second-order valence-electron chi connectivity index (χ2n) is 9.33. The number of nitrogens with one attached hydrogen (secondary N) is 2. The molecule has 3 N–H and O–H groups in total. The number of carboxylic acid groups (broad SMARTS) is 1. The van der Waals surface area contributed by atoms with Crippen LogP contribution in [0, 0.1) is 11.6 Å². The molecule has 3 rings (SSSR count). The molecule has 0 bridgehead atoms. The molecule has 0 aliphatic carbocycles. The van der Waals surface area contributed by atoms with Crippen molar-refractivity contribution >= 4 is 35.5 Å². The molecule has 3 aromatic rings. The molecule has 3 aromatic carbocycles. The van der Waals surface area contributed by atoms with E-state index in [1.165, 1.54) is 0 Å². The SMILES string of the molecule is COC(=O)[C@H](Cc1ccc(NC(=O)OCc2ccccc2)cc1)NC(=O)CN(CC(=O)O)C(=O)Cc1cc(F)cc(F)c1. The fourth-order valence-electron chi connectivity index (χ4n) is 3.98. The topological polar surface area (TPSA) is 151 Å². The van der Waals surface area contributed by atoms with Crippen molar-refractivity contribution in [2.45, 2.75) is 25.5 Å². The minimum absolute atomic E-state index is 0.0351. The summed E-state index contributed by atoms with van der Waals surface area (Å²) >= 11 is 0. The van der Waals surface area contributed by atoms with Gasteiger partial charge in [0.15, 0.2) is 0 Å². The highest BCUT2D eigenvalue weighted by Gasteiger charge is 2.26. The fraction of sp³-hybridized carbons (Fsp3) is 0.233. The van der Waals surface area contributed by atoms with Crippen LogP contribution in [-0.4, -0.2) is 66.1 Å². The van der Waals surface area contributed by atoms with Crippen molar-refractivity contribution in [1.29, 1.82) is 0 Å². The van der Waals surface area contributed by atoms with Gasteiger partial charge in [0.1, 0.15) is 37.4 Å². The Bertz CT molecular complexity index is 1430. The zero-order valence-electron chi connectivity index (χ0n) is 23.0. The molecule has 0 spiro atoms. The maximum atomic E-state index is 13.5. The second-order valence-corrected chi connectivity index (χ2v) is 9.33. The quantitative estimate of drug-likeness (QED) is 0.255. The lowest BCUT2D eigenvalue weighted by Gasteiger charge is -2.22. The lowest BCUT2D eigenvalue weighted by atomic mass is 10.1. The molecule has 0 aliphatic heterocycles. The van der Waals surface area contributed by atoms with Gasteiger partial charge >= 0.3 is 18.0 Å². The number of hydrogen-bond acceptors (Lipinski definition) is 7. The summed E-state index contributed by atoms with van der Waals surface area (Å²) in [5.74, 6) is -5.80. The Morgan fingerprint density at radius 3 is 2.12 bits per heavy atom. The Balaban J connectivity index is 1.59. The highest BCUT2D eigenvalue weighted by atomic mass is 19.1. The molecule has 0 radical (unpaired) electrons. The minimum atomic E-state index is -1.42. The monoisotopic (exact) mass is 597 g/mol. The van der Waals surface area contributed by atoms with Crippen LogP contribution in [-0.2, 0) is 48.1 Å². The Hall–Kier alpha value is -5.33. The third kappa shape index (κ3) is 10.9. The zero-order valence-corrected chi connectivity index (χ0v) is 23.0. The van der Waals surface area contributed by atoms with Gasteiger partial charge in [-0.25, -0.2) is 18.4 Å². The first kappa shape index (κ1) is 32.2. The van der Waals surface area contributed by atoms with Gasteiger partial charge < -0.3 is 24.8 Å². The molecule has 3 amide bonds. The number of carboxylic acids is 1. The van der Waals surface area contributed by atoms with E-state index < -0.39 is 67.0 Å². The first-order chi connectivity index (χ1) is 20.5. The Morgan fingerprint density at radius 2 is 1.51 bits per heavy atom. The van der Waals surface area contributed by atoms with Gasteiger partial charge in [0.25, 0.3) is 0 Å². The van der Waals surface area contributed by atoms with E-state index in [-0.39, 0.29) is 18.6 Å². The van der Waals surface area contributed by atoms with Crippen LogP contribution in [0.1, 0.15) is 16.7 Å². The standard InChI is InChI=1S/C30H29F2N3O8/c1-42-29(40)25(13-19-7-9-24(10-8-19)33-30(41)43-18-20-5-3-2-4-6-20)34-26(36)16-35(17-28(38)39)27(37)14-21-11-22(31)15-23(32)12-21/h2-12,15,25H,13-14,16-18H2,1H3,(H,33,41)(H,34,36)(H,38,39)/t25-/m0/s1. The van der Waals surface area contributed by atoms with Gasteiger partial charge in [-0.3, -0.25) is 19.7 Å². The van der Waals surface area contributed by atoms with E-state index in [9.17, 15) is 37.9 Å². The Morgan fingerprint density at radius 1 is 0.860 bits per heavy atom. The average molecular weight is 598 g/mol. The number of rotatable bonds is 13. The van der Waals surface area contributed by atoms with Crippen molar-refractivity contribution in [2.24, 2.45) is 0 Å². The number of carbonyl (C=O) groups excluding carboxylic acids is 4. The fourth-order valence-corrected chi connectivity index (χ4v) is 3.98. The molecule has 0 unspecified atom stereocenters. The third-order valence-electron chi connectivity index (χ3n) is 5.96. The Labute approximate surface area is 245 Å². The number of methoxy groups -OCH3 is 1. The summed E-state index contributed by atoms with van der Waals surface area (Å²) in [5, 5.41) is 14.2. The predicted molar refractivity (Wildman–Crippen MR) is 149 cm³/mol. The highest BCUT2D eigenvalue weighted by molar-refractivity contribution is 5.90. The van der Waals surface area contributed by atoms with Crippen LogP contribution in [0.4, 0.5) is 19.3 Å². The van der Waals surface area contributed by atoms with E-state index >= 15 is 0 Å². The van der Waals surface area contributed by atoms with Gasteiger partial charge in [0, 0.05) is 18.2 Å². The molecular formula is C30H29F2N3O8. The normalized spacial score (nSPS) is 11.1. The summed E-state index contributed by atoms with van der Waals surface area (Å²) in [5.41, 5.74) is 1.77. The number of nitrogens with zero attached hydrogens (tertiary/aromatic N) is 1. The van der Waals surface area contributed by atoms with Gasteiger partial charge in [-0.05, 0) is 41.0 Å². The first-order valence-corrected chi connectivity index (χ1v) is 12.9. The van der Waals surface area contributed by atoms with E-state index in [0.29, 0.717) is 22.2 Å². The number of anilines is 1. The van der Waals surface area contributed by atoms with Gasteiger partial charge in [0.05, 0.1) is 13.5 Å². The van der Waals surface area contributed by atoms with Crippen LogP contribution < -0.4 is 10.6 Å². The summed E-state index contributed by atoms with van der Waals surface area (Å²) in [6, 6.07) is 16.7. The lowest BCUT2D eigenvalue weighted by Crippen LogP contribution is -2.49. The maximum Gasteiger partial charge on any atom is 0.411 e. The van der Waals surface area contributed by atoms with E-state index in [1.807, 2.05) is 30.3 Å². The van der Waals surface area contributed by atoms with Crippen molar-refractivity contribution < 1.29 is 47.3 Å². The first-order valence-electron chi connectivity index (χ1n) is 12.9. The second kappa shape index (κ2) is 15.6. The number of benzene rings is 3. The molecule has 1 atom stereocenters. The number of hydrogen-bond donors (Lipinski definition) is 3. The van der Waals surface area contributed by atoms with E-state index in [2.05, 4.69) is 10.6 Å². The summed E-state index contributed by atoms with van der Waals surface area (Å²) < 4.78 is 37.0. The van der Waals surface area contributed by atoms with Gasteiger partial charge in [-0.1, -0.05) is 42.5 Å². The number of aliphatic carboxylic acids is 1. The number of halogens is 2. The van der Waals surface area contributed by atoms with Crippen LogP contribution in [0.3, 0.4) is 0 Å². The lowest BCUT2D eigenvalue weighted by molar-refractivity contribution is -0.147. The van der Waals surface area contributed by atoms with E-state index in [1.54, 1.807) is 24.3 Å². The maximum absolute atomic E-state index is 13.5. The summed E-state index contributed by atoms with van der Waals surface area (Å²) in [7, 11) is 1.12. The molecule has 0 aliphatic rings. The molecule has 11 nitrogen and oxygen atoms in total. The van der Waals surface area contributed by atoms with Crippen molar-refractivity contribution in [1.82, 2.24) is 10.2 Å². The van der Waals surface area contributed by atoms with Gasteiger partial charge in [0.2, 0.25) is 11.8 Å². The molecule has 0 saturated heterocycles. The molecule has 0 aromatic heterocycles. The molecule has 0 heterocycles. The minimum Gasteiger partial charge on any atom is -0.480 e. The summed E-state index contributed by atoms with van der Waals surface area (Å²) in [6.45, 7) is -1.52. The van der Waals surface area contributed by atoms with E-state index in [4.69, 9.17) is 9.47 Å². The van der Waals surface area contributed by atoms with Crippen molar-refractivity contribution in [3.63, 3.8) is 0 Å². The smallest absolute Gasteiger partial charge is 0.411 e. The van der Waals surface area contributed by atoms with Gasteiger partial charge in [-0.2, -0.15) is 0 Å². The van der Waals surface area contributed by atoms with Crippen molar-refractivity contribution in [3.05, 3.63) is 101 Å². The number of amides is 3. The summed E-state index contributed by atoms with van der Waals surface area (Å²) in [6.07, 6.45) is -1.26. The van der Waals surface area contributed by atoms with Crippen LogP contribution in [0.2, 0.25) is 0 Å². The Kier molecular flexibility index (Phi) is 11.7. The van der Waals surface area contributed by atoms with Crippen LogP contribution >= 0.6 is 0 Å². The average Bonchev–Trinajstić information content (AvgIpc) is 2.95. The van der Waals surface area contributed by atoms with Crippen LogP contribution in [0.25, 0.3) is 0 Å². The van der Waals surface area contributed by atoms with Crippen molar-refractivity contribution in [2.75, 3.05) is 25.5 Å². The van der Waals surface area contributed by atoms with E-state index in [0.717, 1.165) is 24.8 Å². The van der Waals surface area contributed by atoms with Crippen LogP contribution in [0.15, 0.2) is 72.8 Å². The summed E-state index contributed by atoms with van der Waals surface area (Å²) in [4.78, 5) is 62.0. The van der Waals surface area contributed by atoms with Crippen molar-refractivity contribution in [3.8, 4) is 0 Å². The third-order valence-corrected chi connectivity index (χ3v) is 5.96. The predicted octanol–water partition coefficient (Wildman–Crippen LogP) is 3.07. The highest BCUT2D eigenvalue weighted by Crippen LogP contribution is 2.14. The molecule has 13 heteroatoms. The molecule has 0 saturated carbocycles. The van der Waals surface area contributed by atoms with Crippen LogP contribution in [0.5, 0.6) is 0 Å². The molecular weight excluding hydrogens is 568 g/mol. The number of carbonyl (C=O) groups is 5. The number of ether oxygens (including phenoxy) is 2. The van der Waals surface area contributed by atoms with Gasteiger partial charge in [-0.15, -0.1) is 0 Å². The largest absolute Gasteiger partial charge is 0.480 e. The zero-order chi connectivity index (χ0) is 31.4.